The molecule has 0 aliphatic carbocycles. The summed E-state index contributed by atoms with van der Waals surface area (Å²) in [6.07, 6.45) is 0. The molecule has 34 heavy (non-hydrogen) atoms. The molecule has 5 N–H and O–H groups in total. The Kier molecular flexibility index (Phi) is 7.83. The van der Waals surface area contributed by atoms with Crippen molar-refractivity contribution in [2.24, 2.45) is 10.2 Å². The molecule has 0 spiro atoms. The minimum atomic E-state index is -0.231. The van der Waals surface area contributed by atoms with E-state index in [9.17, 15) is 9.90 Å². The molecule has 0 bridgehead atoms. The fourth-order valence-electron chi connectivity index (χ4n) is 3.27. The first-order valence-electron chi connectivity index (χ1n) is 11.0. The van der Waals surface area contributed by atoms with Crippen LogP contribution in [0.4, 0.5) is 27.5 Å². The molecule has 0 atom stereocenters. The number of hydrogen-bond donors (Lipinski definition) is 4. The number of rotatable bonds is 6. The van der Waals surface area contributed by atoms with Gasteiger partial charge in [-0.3, -0.25) is 0 Å². The van der Waals surface area contributed by atoms with Crippen molar-refractivity contribution in [2.45, 2.75) is 49.8 Å². The second-order valence-corrected chi connectivity index (χ2v) is 10.1. The maximum Gasteiger partial charge on any atom is 0.319 e. The van der Waals surface area contributed by atoms with Crippen LogP contribution < -0.4 is 16.4 Å². The number of nitrogen functional groups attached to an aromatic ring is 1. The molecule has 0 heterocycles. The van der Waals surface area contributed by atoms with E-state index in [1.165, 1.54) is 0 Å². The van der Waals surface area contributed by atoms with Gasteiger partial charge in [0, 0.05) is 27.6 Å². The number of urea groups is 1. The normalized spacial score (nSPS) is 11.6. The Labute approximate surface area is 204 Å². The summed E-state index contributed by atoms with van der Waals surface area (Å²) in [5.41, 5.74) is 9.89. The lowest BCUT2D eigenvalue weighted by Gasteiger charge is -2.21. The quantitative estimate of drug-likeness (QED) is 0.220. The number of phenolic OH excluding ortho intramolecular Hbond substituents is 1. The van der Waals surface area contributed by atoms with Crippen LogP contribution in [-0.2, 0) is 5.41 Å². The summed E-state index contributed by atoms with van der Waals surface area (Å²) in [7, 11) is 0. The largest absolute Gasteiger partial charge is 0.505 e. The molecule has 178 valence electrons. The number of aromatic hydroxyl groups is 1. The van der Waals surface area contributed by atoms with Crippen LogP contribution in [0.3, 0.4) is 0 Å². The van der Waals surface area contributed by atoms with E-state index in [0.717, 1.165) is 26.6 Å². The van der Waals surface area contributed by atoms with Gasteiger partial charge in [-0.2, -0.15) is 0 Å². The van der Waals surface area contributed by atoms with E-state index in [-0.39, 0.29) is 17.2 Å². The van der Waals surface area contributed by atoms with Gasteiger partial charge in [-0.15, -0.1) is 10.2 Å². The van der Waals surface area contributed by atoms with Crippen LogP contribution in [0.25, 0.3) is 0 Å². The van der Waals surface area contributed by atoms with Gasteiger partial charge in [-0.1, -0.05) is 38.6 Å². The number of aryl methyl sites for hydroxylation is 1. The third kappa shape index (κ3) is 6.51. The summed E-state index contributed by atoms with van der Waals surface area (Å²) in [5.74, 6) is 0.132. The van der Waals surface area contributed by atoms with Gasteiger partial charge in [0.05, 0.1) is 5.69 Å². The molecule has 2 amide bonds. The monoisotopic (exact) mass is 477 g/mol. The molecule has 3 aromatic rings. The fraction of sp³-hybridized carbons (Fsp3) is 0.269. The molecule has 3 rings (SSSR count). The van der Waals surface area contributed by atoms with Crippen molar-refractivity contribution in [3.63, 3.8) is 0 Å². The Morgan fingerprint density at radius 1 is 1.00 bits per heavy atom. The first-order chi connectivity index (χ1) is 16.1. The van der Waals surface area contributed by atoms with Crippen molar-refractivity contribution in [3.05, 3.63) is 65.7 Å². The lowest BCUT2D eigenvalue weighted by Crippen LogP contribution is -2.28. The zero-order valence-corrected chi connectivity index (χ0v) is 21.0. The number of phenols is 1. The summed E-state index contributed by atoms with van der Waals surface area (Å²) in [5, 5.41) is 24.9. The van der Waals surface area contributed by atoms with Gasteiger partial charge in [-0.05, 0) is 73.4 Å². The summed E-state index contributed by atoms with van der Waals surface area (Å²) < 4.78 is 0. The molecule has 7 nitrogen and oxygen atoms in total. The molecular weight excluding hydrogens is 446 g/mol. The van der Waals surface area contributed by atoms with E-state index in [4.69, 9.17) is 5.73 Å². The van der Waals surface area contributed by atoms with E-state index < -0.39 is 0 Å². The van der Waals surface area contributed by atoms with Crippen LogP contribution in [0.5, 0.6) is 5.75 Å². The number of hydrogen-bond acceptors (Lipinski definition) is 6. The summed E-state index contributed by atoms with van der Waals surface area (Å²) in [6.45, 7) is 10.5. The average Bonchev–Trinajstić information content (AvgIpc) is 2.76. The molecule has 0 fully saturated rings. The van der Waals surface area contributed by atoms with Gasteiger partial charge in [-0.25, -0.2) is 4.79 Å². The minimum absolute atomic E-state index is 0.132. The molecular formula is C26H31N5O2S. The molecule has 8 heteroatoms. The van der Waals surface area contributed by atoms with Crippen LogP contribution in [0.2, 0.25) is 0 Å². The first-order valence-corrected chi connectivity index (χ1v) is 11.9. The minimum Gasteiger partial charge on any atom is -0.505 e. The second-order valence-electron chi connectivity index (χ2n) is 8.96. The van der Waals surface area contributed by atoms with E-state index >= 15 is 0 Å². The number of amides is 2. The predicted octanol–water partition coefficient (Wildman–Crippen LogP) is 7.29. The zero-order chi connectivity index (χ0) is 24.9. The van der Waals surface area contributed by atoms with Crippen molar-refractivity contribution < 1.29 is 9.90 Å². The number of azo groups is 1. The highest BCUT2D eigenvalue weighted by molar-refractivity contribution is 7.99. The Morgan fingerprint density at radius 2 is 1.65 bits per heavy atom. The smallest absolute Gasteiger partial charge is 0.319 e. The van der Waals surface area contributed by atoms with Crippen molar-refractivity contribution in [2.75, 3.05) is 17.6 Å². The summed E-state index contributed by atoms with van der Waals surface area (Å²) >= 11 is 1.55. The lowest BCUT2D eigenvalue weighted by atomic mass is 9.85. The van der Waals surface area contributed by atoms with Gasteiger partial charge in [0.1, 0.15) is 17.1 Å². The van der Waals surface area contributed by atoms with Gasteiger partial charge < -0.3 is 21.5 Å². The Balaban J connectivity index is 1.79. The van der Waals surface area contributed by atoms with Crippen LogP contribution >= 0.6 is 11.8 Å². The van der Waals surface area contributed by atoms with E-state index in [0.29, 0.717) is 23.6 Å². The van der Waals surface area contributed by atoms with E-state index in [1.54, 1.807) is 23.9 Å². The maximum absolute atomic E-state index is 11.7. The van der Waals surface area contributed by atoms with E-state index in [1.807, 2.05) is 77.1 Å². The second kappa shape index (κ2) is 10.6. The highest BCUT2D eigenvalue weighted by atomic mass is 32.2. The number of carbonyl (C=O) groups is 1. The van der Waals surface area contributed by atoms with Crippen molar-refractivity contribution >= 4 is 40.5 Å². The summed E-state index contributed by atoms with van der Waals surface area (Å²) in [6, 6.07) is 16.7. The van der Waals surface area contributed by atoms with Gasteiger partial charge >= 0.3 is 6.03 Å². The third-order valence-electron chi connectivity index (χ3n) is 4.99. The summed E-state index contributed by atoms with van der Waals surface area (Å²) in [4.78, 5) is 13.6. The van der Waals surface area contributed by atoms with Gasteiger partial charge in [0.2, 0.25) is 0 Å². The molecule has 0 aliphatic heterocycles. The standard InChI is InChI=1S/C26H31N5O2S/c1-6-28-25(33)29-17-7-9-18(10-8-17)34-19-11-12-21(27)22(15-19)30-31-23-14-16(2)13-20(24(23)32)26(3,4)5/h7-15,32H,6,27H2,1-5H3,(H2,28,29,33). The molecule has 0 unspecified atom stereocenters. The molecule has 0 saturated heterocycles. The average molecular weight is 478 g/mol. The molecule has 0 radical (unpaired) electrons. The molecule has 0 aliphatic rings. The van der Waals surface area contributed by atoms with Crippen LogP contribution in [-0.4, -0.2) is 17.7 Å². The van der Waals surface area contributed by atoms with Crippen molar-refractivity contribution in [1.82, 2.24) is 5.32 Å². The number of carbonyl (C=O) groups excluding carboxylic acids is 1. The van der Waals surface area contributed by atoms with E-state index in [2.05, 4.69) is 20.9 Å². The Morgan fingerprint density at radius 3 is 2.29 bits per heavy atom. The van der Waals surface area contributed by atoms with Crippen LogP contribution in [0, 0.1) is 6.92 Å². The maximum atomic E-state index is 11.7. The lowest BCUT2D eigenvalue weighted by molar-refractivity contribution is 0.252. The number of nitrogens with zero attached hydrogens (tertiary/aromatic N) is 2. The third-order valence-corrected chi connectivity index (χ3v) is 5.99. The zero-order valence-electron chi connectivity index (χ0n) is 20.1. The number of nitrogens with two attached hydrogens (primary N) is 1. The molecule has 0 saturated carbocycles. The topological polar surface area (TPSA) is 112 Å². The Bertz CT molecular complexity index is 1200. The van der Waals surface area contributed by atoms with Crippen LogP contribution in [0.1, 0.15) is 38.8 Å². The van der Waals surface area contributed by atoms with Gasteiger partial charge in [0.25, 0.3) is 0 Å². The van der Waals surface area contributed by atoms with Crippen molar-refractivity contribution in [3.8, 4) is 5.75 Å². The predicted molar refractivity (Wildman–Crippen MR) is 140 cm³/mol. The fourth-order valence-corrected chi connectivity index (χ4v) is 4.12. The number of benzene rings is 3. The highest BCUT2D eigenvalue weighted by Crippen LogP contribution is 2.40. The SMILES string of the molecule is CCNC(=O)Nc1ccc(Sc2ccc(N)c(N=Nc3cc(C)cc(C(C)(C)C)c3O)c2)cc1. The molecule has 3 aromatic carbocycles. The molecule has 0 aromatic heterocycles. The Hall–Kier alpha value is -3.52. The highest BCUT2D eigenvalue weighted by Gasteiger charge is 2.21. The number of anilines is 2. The van der Waals surface area contributed by atoms with Gasteiger partial charge in [0.15, 0.2) is 0 Å². The number of nitrogens with one attached hydrogen (secondary N) is 2. The first kappa shape index (κ1) is 25.1. The van der Waals surface area contributed by atoms with Crippen LogP contribution in [0.15, 0.2) is 74.6 Å². The van der Waals surface area contributed by atoms with Crippen molar-refractivity contribution in [1.29, 1.82) is 0 Å².